The Kier molecular flexibility index (Phi) is 5.13. The first-order chi connectivity index (χ1) is 12.3. The Morgan fingerprint density at radius 2 is 1.88 bits per heavy atom. The Labute approximate surface area is 159 Å². The third-order valence-corrected chi connectivity index (χ3v) is 4.57. The average molecular weight is 416 g/mol. The van der Waals surface area contributed by atoms with Crippen molar-refractivity contribution in [3.8, 4) is 0 Å². The quantitative estimate of drug-likeness (QED) is 0.614. The molecule has 0 aliphatic carbocycles. The second-order valence-electron chi connectivity index (χ2n) is 6.14. The zero-order valence-corrected chi connectivity index (χ0v) is 16.3. The molecule has 0 aliphatic rings. The van der Waals surface area contributed by atoms with Gasteiger partial charge >= 0.3 is 5.97 Å². The normalized spacial score (nSPS) is 10.8. The summed E-state index contributed by atoms with van der Waals surface area (Å²) in [6.07, 6.45) is 0. The number of aryl methyl sites for hydroxylation is 3. The summed E-state index contributed by atoms with van der Waals surface area (Å²) in [6, 6.07) is 11.2. The molecule has 0 unspecified atom stereocenters. The van der Waals surface area contributed by atoms with Gasteiger partial charge in [-0.15, -0.1) is 0 Å². The minimum Gasteiger partial charge on any atom is -0.450 e. The first kappa shape index (κ1) is 18.2. The van der Waals surface area contributed by atoms with Crippen LogP contribution in [-0.4, -0.2) is 18.5 Å². The fraction of sp³-hybridized carbons (Fsp3) is 0.200. The summed E-state index contributed by atoms with van der Waals surface area (Å²) in [7, 11) is 0. The van der Waals surface area contributed by atoms with Crippen LogP contribution in [0.3, 0.4) is 0 Å². The van der Waals surface area contributed by atoms with E-state index in [0.717, 1.165) is 21.0 Å². The number of rotatable bonds is 4. The van der Waals surface area contributed by atoms with Gasteiger partial charge in [-0.1, -0.05) is 33.6 Å². The predicted molar refractivity (Wildman–Crippen MR) is 103 cm³/mol. The Bertz CT molecular complexity index is 1010. The van der Waals surface area contributed by atoms with Crippen molar-refractivity contribution in [2.24, 2.45) is 0 Å². The summed E-state index contributed by atoms with van der Waals surface area (Å²) in [6.45, 7) is 5.29. The maximum absolute atomic E-state index is 12.3. The minimum atomic E-state index is -0.661. The zero-order chi connectivity index (χ0) is 18.8. The molecule has 2 aromatic carbocycles. The van der Waals surface area contributed by atoms with Gasteiger partial charge in [-0.25, -0.2) is 4.79 Å². The molecule has 1 aromatic heterocycles. The van der Waals surface area contributed by atoms with Crippen LogP contribution in [0.5, 0.6) is 0 Å². The van der Waals surface area contributed by atoms with E-state index in [0.29, 0.717) is 16.8 Å². The van der Waals surface area contributed by atoms with E-state index >= 15 is 0 Å². The Balaban J connectivity index is 1.67. The van der Waals surface area contributed by atoms with Gasteiger partial charge in [-0.2, -0.15) is 0 Å². The van der Waals surface area contributed by atoms with E-state index in [1.165, 1.54) is 0 Å². The smallest absolute Gasteiger partial charge is 0.375 e. The first-order valence-electron chi connectivity index (χ1n) is 8.08. The summed E-state index contributed by atoms with van der Waals surface area (Å²) in [5.74, 6) is -0.954. The molecule has 6 heteroatoms. The van der Waals surface area contributed by atoms with Gasteiger partial charge in [0, 0.05) is 21.1 Å². The molecular formula is C20H18BrNO4. The molecule has 1 amide bonds. The molecule has 0 aliphatic heterocycles. The number of hydrogen-bond acceptors (Lipinski definition) is 4. The van der Waals surface area contributed by atoms with E-state index in [4.69, 9.17) is 9.15 Å². The molecule has 0 spiro atoms. The molecule has 0 fully saturated rings. The largest absolute Gasteiger partial charge is 0.450 e. The number of esters is 1. The molecule has 0 saturated heterocycles. The average Bonchev–Trinajstić information content (AvgIpc) is 2.92. The number of ether oxygens (including phenoxy) is 1. The predicted octanol–water partition coefficient (Wildman–Crippen LogP) is 4.92. The van der Waals surface area contributed by atoms with E-state index in [2.05, 4.69) is 21.2 Å². The van der Waals surface area contributed by atoms with Gasteiger partial charge in [0.25, 0.3) is 5.91 Å². The van der Waals surface area contributed by atoms with Crippen molar-refractivity contribution < 1.29 is 18.7 Å². The number of fused-ring (bicyclic) bond motifs is 1. The van der Waals surface area contributed by atoms with Crippen LogP contribution in [0.25, 0.3) is 11.0 Å². The van der Waals surface area contributed by atoms with E-state index in [-0.39, 0.29) is 12.4 Å². The molecule has 1 heterocycles. The highest BCUT2D eigenvalue weighted by Gasteiger charge is 2.20. The zero-order valence-electron chi connectivity index (χ0n) is 14.7. The lowest BCUT2D eigenvalue weighted by Gasteiger charge is -2.09. The van der Waals surface area contributed by atoms with Crippen molar-refractivity contribution in [2.75, 3.05) is 11.9 Å². The number of halogens is 1. The van der Waals surface area contributed by atoms with Gasteiger partial charge < -0.3 is 14.5 Å². The highest BCUT2D eigenvalue weighted by atomic mass is 79.9. The van der Waals surface area contributed by atoms with Crippen LogP contribution in [-0.2, 0) is 9.53 Å². The van der Waals surface area contributed by atoms with Crippen LogP contribution in [0.15, 0.2) is 45.3 Å². The molecule has 3 aromatic rings. The van der Waals surface area contributed by atoms with E-state index in [9.17, 15) is 9.59 Å². The second kappa shape index (κ2) is 7.33. The van der Waals surface area contributed by atoms with Crippen molar-refractivity contribution >= 4 is 44.5 Å². The summed E-state index contributed by atoms with van der Waals surface area (Å²) in [4.78, 5) is 24.3. The number of benzene rings is 2. The number of carbonyl (C=O) groups is 2. The maximum atomic E-state index is 12.3. The van der Waals surface area contributed by atoms with Crippen molar-refractivity contribution in [3.63, 3.8) is 0 Å². The molecule has 134 valence electrons. The molecule has 0 atom stereocenters. The molecule has 0 saturated carbocycles. The van der Waals surface area contributed by atoms with Crippen LogP contribution < -0.4 is 5.32 Å². The van der Waals surface area contributed by atoms with Crippen molar-refractivity contribution in [3.05, 3.63) is 63.3 Å². The van der Waals surface area contributed by atoms with Crippen LogP contribution in [0, 0.1) is 20.8 Å². The van der Waals surface area contributed by atoms with Gasteiger partial charge in [-0.05, 0) is 50.6 Å². The van der Waals surface area contributed by atoms with Gasteiger partial charge in [0.2, 0.25) is 5.76 Å². The Morgan fingerprint density at radius 3 is 2.62 bits per heavy atom. The van der Waals surface area contributed by atoms with Crippen LogP contribution in [0.4, 0.5) is 5.69 Å². The standard InChI is InChI=1S/C20H18BrNO4/c1-11-4-6-16(12(2)8-11)22-18(23)10-25-20(24)19-13(3)15-9-14(21)5-7-17(15)26-19/h4-9H,10H2,1-3H3,(H,22,23). The second-order valence-corrected chi connectivity index (χ2v) is 7.06. The highest BCUT2D eigenvalue weighted by molar-refractivity contribution is 9.10. The van der Waals surface area contributed by atoms with Gasteiger partial charge in [0.15, 0.2) is 6.61 Å². The number of nitrogens with one attached hydrogen (secondary N) is 1. The van der Waals surface area contributed by atoms with Crippen molar-refractivity contribution in [1.29, 1.82) is 0 Å². The Morgan fingerprint density at radius 1 is 1.12 bits per heavy atom. The molecule has 5 nitrogen and oxygen atoms in total. The van der Waals surface area contributed by atoms with Crippen LogP contribution >= 0.6 is 15.9 Å². The summed E-state index contributed by atoms with van der Waals surface area (Å²) in [5, 5.41) is 3.56. The van der Waals surface area contributed by atoms with Crippen molar-refractivity contribution in [1.82, 2.24) is 0 Å². The maximum Gasteiger partial charge on any atom is 0.375 e. The van der Waals surface area contributed by atoms with Crippen molar-refractivity contribution in [2.45, 2.75) is 20.8 Å². The summed E-state index contributed by atoms with van der Waals surface area (Å²) >= 11 is 3.39. The fourth-order valence-corrected chi connectivity index (χ4v) is 3.09. The lowest BCUT2D eigenvalue weighted by molar-refractivity contribution is -0.119. The van der Waals surface area contributed by atoms with E-state index in [1.807, 2.05) is 44.2 Å². The van der Waals surface area contributed by atoms with Gasteiger partial charge in [-0.3, -0.25) is 4.79 Å². The third-order valence-electron chi connectivity index (χ3n) is 4.07. The number of anilines is 1. The number of furan rings is 1. The molecular weight excluding hydrogens is 398 g/mol. The topological polar surface area (TPSA) is 68.5 Å². The highest BCUT2D eigenvalue weighted by Crippen LogP contribution is 2.28. The fourth-order valence-electron chi connectivity index (χ4n) is 2.72. The number of hydrogen-bond donors (Lipinski definition) is 1. The summed E-state index contributed by atoms with van der Waals surface area (Å²) < 4.78 is 11.6. The molecule has 0 radical (unpaired) electrons. The van der Waals surface area contributed by atoms with Gasteiger partial charge in [0.1, 0.15) is 5.58 Å². The van der Waals surface area contributed by atoms with E-state index in [1.54, 1.807) is 13.0 Å². The molecule has 1 N–H and O–H groups in total. The number of amides is 1. The van der Waals surface area contributed by atoms with E-state index < -0.39 is 11.9 Å². The Hall–Kier alpha value is -2.60. The molecule has 0 bridgehead atoms. The monoisotopic (exact) mass is 415 g/mol. The van der Waals surface area contributed by atoms with Crippen LogP contribution in [0.2, 0.25) is 0 Å². The lowest BCUT2D eigenvalue weighted by atomic mass is 10.1. The lowest BCUT2D eigenvalue weighted by Crippen LogP contribution is -2.21. The van der Waals surface area contributed by atoms with Crippen LogP contribution in [0.1, 0.15) is 27.2 Å². The van der Waals surface area contributed by atoms with Gasteiger partial charge in [0.05, 0.1) is 0 Å². The first-order valence-corrected chi connectivity index (χ1v) is 8.87. The molecule has 3 rings (SSSR count). The minimum absolute atomic E-state index is 0.109. The SMILES string of the molecule is Cc1ccc(NC(=O)COC(=O)c2oc3ccc(Br)cc3c2C)c(C)c1. The number of carbonyl (C=O) groups excluding carboxylic acids is 2. The third kappa shape index (κ3) is 3.80. The molecule has 26 heavy (non-hydrogen) atoms. The summed E-state index contributed by atoms with van der Waals surface area (Å²) in [5.41, 5.74) is 4.03.